The molecule has 0 bridgehead atoms. The van der Waals surface area contributed by atoms with Crippen LogP contribution < -0.4 is 15.4 Å². The fourth-order valence-electron chi connectivity index (χ4n) is 2.51. The minimum absolute atomic E-state index is 0.358. The van der Waals surface area contributed by atoms with Crippen molar-refractivity contribution in [3.63, 3.8) is 0 Å². The number of nitrogens with zero attached hydrogens (tertiary/aromatic N) is 1. The van der Waals surface area contributed by atoms with Crippen LogP contribution in [-0.4, -0.2) is 25.2 Å². The molecule has 1 aromatic rings. The second kappa shape index (κ2) is 5.41. The molecular formula is C14H22N2O. The molecule has 3 heteroatoms. The summed E-state index contributed by atoms with van der Waals surface area (Å²) in [7, 11) is 0. The highest BCUT2D eigenvalue weighted by atomic mass is 16.5. The molecule has 0 spiro atoms. The molecule has 0 amide bonds. The Morgan fingerprint density at radius 3 is 3.00 bits per heavy atom. The lowest BCUT2D eigenvalue weighted by Gasteiger charge is -2.38. The molecule has 0 aromatic heterocycles. The number of nitrogens with two attached hydrogens (primary N) is 1. The van der Waals surface area contributed by atoms with Gasteiger partial charge in [-0.2, -0.15) is 0 Å². The first kappa shape index (κ1) is 12.2. The smallest absolute Gasteiger partial charge is 0.121 e. The molecule has 2 N–H and O–H groups in total. The van der Waals surface area contributed by atoms with E-state index < -0.39 is 0 Å². The highest BCUT2D eigenvalue weighted by Gasteiger charge is 2.23. The topological polar surface area (TPSA) is 38.5 Å². The molecule has 17 heavy (non-hydrogen) atoms. The largest absolute Gasteiger partial charge is 0.494 e. The summed E-state index contributed by atoms with van der Waals surface area (Å²) in [5, 5.41) is 0. The number of hydrogen-bond donors (Lipinski definition) is 1. The van der Waals surface area contributed by atoms with E-state index in [9.17, 15) is 0 Å². The van der Waals surface area contributed by atoms with E-state index in [4.69, 9.17) is 10.5 Å². The number of piperidine rings is 1. The normalized spacial score (nSPS) is 24.8. The van der Waals surface area contributed by atoms with Crippen molar-refractivity contribution < 1.29 is 4.74 Å². The zero-order valence-electron chi connectivity index (χ0n) is 10.7. The van der Waals surface area contributed by atoms with Crippen LogP contribution in [0.25, 0.3) is 0 Å². The first-order valence-electron chi connectivity index (χ1n) is 6.45. The quantitative estimate of drug-likeness (QED) is 0.872. The summed E-state index contributed by atoms with van der Waals surface area (Å²) >= 11 is 0. The van der Waals surface area contributed by atoms with Crippen molar-refractivity contribution in [2.75, 3.05) is 18.1 Å². The summed E-state index contributed by atoms with van der Waals surface area (Å²) < 4.78 is 5.54. The number of anilines is 1. The Kier molecular flexibility index (Phi) is 3.89. The van der Waals surface area contributed by atoms with Crippen molar-refractivity contribution in [2.45, 2.75) is 38.8 Å². The van der Waals surface area contributed by atoms with Crippen LogP contribution in [0.1, 0.15) is 26.7 Å². The average Bonchev–Trinajstić information content (AvgIpc) is 2.29. The van der Waals surface area contributed by atoms with Crippen molar-refractivity contribution in [1.82, 2.24) is 0 Å². The molecule has 2 unspecified atom stereocenters. The highest BCUT2D eigenvalue weighted by Crippen LogP contribution is 2.27. The molecule has 2 atom stereocenters. The van der Waals surface area contributed by atoms with Crippen LogP contribution in [0.15, 0.2) is 24.3 Å². The van der Waals surface area contributed by atoms with Crippen molar-refractivity contribution in [1.29, 1.82) is 0 Å². The number of rotatable bonds is 3. The molecule has 3 nitrogen and oxygen atoms in total. The van der Waals surface area contributed by atoms with Crippen LogP contribution in [-0.2, 0) is 0 Å². The predicted molar refractivity (Wildman–Crippen MR) is 71.6 cm³/mol. The van der Waals surface area contributed by atoms with Gasteiger partial charge in [0.05, 0.1) is 6.61 Å². The first-order chi connectivity index (χ1) is 8.20. The minimum Gasteiger partial charge on any atom is -0.494 e. The van der Waals surface area contributed by atoms with E-state index in [1.54, 1.807) is 0 Å². The predicted octanol–water partition coefficient (Wildman–Crippen LogP) is 2.40. The maximum Gasteiger partial charge on any atom is 0.121 e. The molecule has 2 rings (SSSR count). The summed E-state index contributed by atoms with van der Waals surface area (Å²) in [5.74, 6) is 0.951. The average molecular weight is 234 g/mol. The van der Waals surface area contributed by atoms with Crippen LogP contribution in [0, 0.1) is 0 Å². The summed E-state index contributed by atoms with van der Waals surface area (Å²) in [5.41, 5.74) is 7.24. The van der Waals surface area contributed by atoms with Crippen LogP contribution in [0.2, 0.25) is 0 Å². The molecule has 1 fully saturated rings. The third-order valence-electron chi connectivity index (χ3n) is 3.38. The summed E-state index contributed by atoms with van der Waals surface area (Å²) in [6.45, 7) is 6.00. The molecular weight excluding hydrogens is 212 g/mol. The number of ether oxygens (including phenoxy) is 1. The Labute approximate surface area is 104 Å². The Morgan fingerprint density at radius 1 is 1.47 bits per heavy atom. The van der Waals surface area contributed by atoms with Gasteiger partial charge in [0.2, 0.25) is 0 Å². The highest BCUT2D eigenvalue weighted by molar-refractivity contribution is 5.51. The van der Waals surface area contributed by atoms with Crippen LogP contribution in [0.4, 0.5) is 5.69 Å². The summed E-state index contributed by atoms with van der Waals surface area (Å²) in [6, 6.07) is 9.20. The van der Waals surface area contributed by atoms with Gasteiger partial charge in [0.15, 0.2) is 0 Å². The fraction of sp³-hybridized carbons (Fsp3) is 0.571. The Balaban J connectivity index is 2.13. The molecule has 1 aliphatic rings. The van der Waals surface area contributed by atoms with Gasteiger partial charge in [-0.25, -0.2) is 0 Å². The Morgan fingerprint density at radius 2 is 2.29 bits per heavy atom. The molecule has 1 aliphatic heterocycles. The number of hydrogen-bond acceptors (Lipinski definition) is 3. The SMILES string of the molecule is CCOc1cccc(N2CCC(N)CC2C)c1. The second-order valence-corrected chi connectivity index (χ2v) is 4.76. The van der Waals surface area contributed by atoms with E-state index in [-0.39, 0.29) is 0 Å². The van der Waals surface area contributed by atoms with Crippen molar-refractivity contribution in [3.8, 4) is 5.75 Å². The van der Waals surface area contributed by atoms with Gasteiger partial charge in [0.1, 0.15) is 5.75 Å². The molecule has 0 aliphatic carbocycles. The molecule has 0 radical (unpaired) electrons. The lowest BCUT2D eigenvalue weighted by atomic mass is 9.98. The van der Waals surface area contributed by atoms with E-state index in [1.807, 2.05) is 13.0 Å². The van der Waals surface area contributed by atoms with E-state index in [2.05, 4.69) is 30.0 Å². The van der Waals surface area contributed by atoms with Crippen LogP contribution >= 0.6 is 0 Å². The zero-order valence-corrected chi connectivity index (χ0v) is 10.7. The van der Waals surface area contributed by atoms with Gasteiger partial charge in [-0.3, -0.25) is 0 Å². The zero-order chi connectivity index (χ0) is 12.3. The van der Waals surface area contributed by atoms with E-state index in [0.717, 1.165) is 25.1 Å². The van der Waals surface area contributed by atoms with Crippen LogP contribution in [0.3, 0.4) is 0 Å². The summed E-state index contributed by atoms with van der Waals surface area (Å²) in [4.78, 5) is 2.42. The Hall–Kier alpha value is -1.22. The van der Waals surface area contributed by atoms with Gasteiger partial charge in [0.25, 0.3) is 0 Å². The fourth-order valence-corrected chi connectivity index (χ4v) is 2.51. The maximum atomic E-state index is 5.99. The lowest BCUT2D eigenvalue weighted by molar-refractivity contribution is 0.340. The van der Waals surface area contributed by atoms with E-state index in [0.29, 0.717) is 18.7 Å². The standard InChI is InChI=1S/C14H22N2O/c1-3-17-14-6-4-5-13(10-14)16-8-7-12(15)9-11(16)2/h4-6,10-12H,3,7-9,15H2,1-2H3. The molecule has 1 heterocycles. The van der Waals surface area contributed by atoms with Gasteiger partial charge in [0, 0.05) is 30.4 Å². The van der Waals surface area contributed by atoms with Gasteiger partial charge >= 0.3 is 0 Å². The Bertz CT molecular complexity index is 367. The minimum atomic E-state index is 0.358. The van der Waals surface area contributed by atoms with Crippen molar-refractivity contribution in [3.05, 3.63) is 24.3 Å². The lowest BCUT2D eigenvalue weighted by Crippen LogP contribution is -2.45. The molecule has 94 valence electrons. The summed E-state index contributed by atoms with van der Waals surface area (Å²) in [6.07, 6.45) is 2.14. The maximum absolute atomic E-state index is 5.99. The van der Waals surface area contributed by atoms with Crippen molar-refractivity contribution in [2.24, 2.45) is 5.73 Å². The third kappa shape index (κ3) is 2.91. The van der Waals surface area contributed by atoms with Crippen molar-refractivity contribution >= 4 is 5.69 Å². The van der Waals surface area contributed by atoms with E-state index >= 15 is 0 Å². The van der Waals surface area contributed by atoms with Gasteiger partial charge in [-0.05, 0) is 38.8 Å². The molecule has 1 saturated heterocycles. The third-order valence-corrected chi connectivity index (χ3v) is 3.38. The van der Waals surface area contributed by atoms with Gasteiger partial charge in [-0.15, -0.1) is 0 Å². The molecule has 0 saturated carbocycles. The number of benzene rings is 1. The first-order valence-corrected chi connectivity index (χ1v) is 6.45. The molecule has 1 aromatic carbocycles. The second-order valence-electron chi connectivity index (χ2n) is 4.76. The van der Waals surface area contributed by atoms with Gasteiger partial charge in [-0.1, -0.05) is 6.07 Å². The van der Waals surface area contributed by atoms with Gasteiger partial charge < -0.3 is 15.4 Å². The monoisotopic (exact) mass is 234 g/mol. The van der Waals surface area contributed by atoms with E-state index in [1.165, 1.54) is 5.69 Å². The van der Waals surface area contributed by atoms with Crippen LogP contribution in [0.5, 0.6) is 5.75 Å².